The molecule has 0 fully saturated rings. The average molecular weight is 325 g/mol. The van der Waals surface area contributed by atoms with Gasteiger partial charge in [-0.05, 0) is 59.1 Å². The molecule has 24 heavy (non-hydrogen) atoms. The molecule has 0 atom stereocenters. The molecule has 2 nitrogen and oxygen atoms in total. The Morgan fingerprint density at radius 3 is 2.04 bits per heavy atom. The van der Waals surface area contributed by atoms with Crippen LogP contribution in [0.1, 0.15) is 78.1 Å². The first kappa shape index (κ1) is 18.6. The molecular formula is C22H32N2. The third-order valence-electron chi connectivity index (χ3n) is 4.42. The van der Waals surface area contributed by atoms with Crippen molar-refractivity contribution in [3.8, 4) is 11.4 Å². The number of hydrogen-bond donors (Lipinski definition) is 0. The van der Waals surface area contributed by atoms with Gasteiger partial charge in [-0.1, -0.05) is 54.9 Å². The molecule has 0 aromatic carbocycles. The van der Waals surface area contributed by atoms with Crippen molar-refractivity contribution in [2.24, 2.45) is 0 Å². The Bertz CT molecular complexity index is 688. The quantitative estimate of drug-likeness (QED) is 0.681. The van der Waals surface area contributed by atoms with E-state index in [1.165, 1.54) is 29.7 Å². The topological polar surface area (TPSA) is 25.8 Å². The molecule has 2 heterocycles. The summed E-state index contributed by atoms with van der Waals surface area (Å²) in [6.45, 7) is 15.7. The van der Waals surface area contributed by atoms with E-state index in [1.54, 1.807) is 0 Å². The molecule has 0 amide bonds. The zero-order valence-electron chi connectivity index (χ0n) is 16.4. The number of aryl methyl sites for hydroxylation is 1. The fourth-order valence-electron chi connectivity index (χ4n) is 2.68. The highest BCUT2D eigenvalue weighted by Gasteiger charge is 2.19. The van der Waals surface area contributed by atoms with E-state index in [1.807, 2.05) is 6.20 Å². The molecule has 0 bridgehead atoms. The summed E-state index contributed by atoms with van der Waals surface area (Å²) in [6, 6.07) is 8.78. The highest BCUT2D eigenvalue weighted by Crippen LogP contribution is 2.29. The Labute approximate surface area is 147 Å². The molecule has 0 saturated heterocycles. The van der Waals surface area contributed by atoms with Crippen molar-refractivity contribution in [3.63, 3.8) is 0 Å². The molecule has 2 heteroatoms. The molecule has 2 aromatic rings. The molecule has 0 saturated carbocycles. The van der Waals surface area contributed by atoms with Crippen LogP contribution in [0.5, 0.6) is 0 Å². The Morgan fingerprint density at radius 1 is 0.833 bits per heavy atom. The van der Waals surface area contributed by atoms with E-state index in [9.17, 15) is 0 Å². The Hall–Kier alpha value is -1.70. The van der Waals surface area contributed by atoms with Gasteiger partial charge in [0.25, 0.3) is 0 Å². The first-order chi connectivity index (χ1) is 11.1. The van der Waals surface area contributed by atoms with Gasteiger partial charge in [-0.3, -0.25) is 9.97 Å². The summed E-state index contributed by atoms with van der Waals surface area (Å²) >= 11 is 0. The van der Waals surface area contributed by atoms with Gasteiger partial charge < -0.3 is 0 Å². The lowest BCUT2D eigenvalue weighted by atomic mass is 9.85. The van der Waals surface area contributed by atoms with Gasteiger partial charge in [0.05, 0.1) is 11.4 Å². The normalized spacial score (nSPS) is 12.5. The maximum atomic E-state index is 4.92. The first-order valence-electron chi connectivity index (χ1n) is 9.09. The van der Waals surface area contributed by atoms with Gasteiger partial charge in [-0.15, -0.1) is 0 Å². The van der Waals surface area contributed by atoms with Crippen LogP contribution in [0.4, 0.5) is 0 Å². The third-order valence-corrected chi connectivity index (χ3v) is 4.42. The van der Waals surface area contributed by atoms with Crippen molar-refractivity contribution in [2.75, 3.05) is 0 Å². The van der Waals surface area contributed by atoms with Crippen LogP contribution in [-0.4, -0.2) is 9.97 Å². The molecular weight excluding hydrogens is 292 g/mol. The second kappa shape index (κ2) is 7.04. The summed E-state index contributed by atoms with van der Waals surface area (Å²) in [5.74, 6) is 0. The molecule has 0 aliphatic carbocycles. The van der Waals surface area contributed by atoms with Crippen molar-refractivity contribution in [1.29, 1.82) is 0 Å². The van der Waals surface area contributed by atoms with Crippen LogP contribution < -0.4 is 0 Å². The molecule has 130 valence electrons. The highest BCUT2D eigenvalue weighted by molar-refractivity contribution is 5.57. The predicted octanol–water partition coefficient (Wildman–Crippen LogP) is 6.08. The largest absolute Gasteiger partial charge is 0.255 e. The van der Waals surface area contributed by atoms with Gasteiger partial charge in [0.1, 0.15) is 0 Å². The van der Waals surface area contributed by atoms with Crippen molar-refractivity contribution < 1.29 is 0 Å². The highest BCUT2D eigenvalue weighted by atomic mass is 14.8. The second-order valence-electron chi connectivity index (χ2n) is 8.77. The number of aromatic nitrogens is 2. The lowest BCUT2D eigenvalue weighted by Gasteiger charge is -2.22. The maximum absolute atomic E-state index is 4.92. The third kappa shape index (κ3) is 4.66. The van der Waals surface area contributed by atoms with E-state index in [0.717, 1.165) is 17.8 Å². The Morgan fingerprint density at radius 2 is 1.46 bits per heavy atom. The zero-order chi connectivity index (χ0) is 18.0. The SMILES string of the molecule is CCCCc1cc(C(C)(C)C)cc(-c2cc(C(C)(C)C)ccn2)n1. The molecule has 0 spiro atoms. The van der Waals surface area contributed by atoms with Crippen LogP contribution in [-0.2, 0) is 17.3 Å². The minimum atomic E-state index is 0.111. The van der Waals surface area contributed by atoms with Crippen LogP contribution in [0.25, 0.3) is 11.4 Å². The van der Waals surface area contributed by atoms with Crippen LogP contribution in [0.3, 0.4) is 0 Å². The lowest BCUT2D eigenvalue weighted by molar-refractivity contribution is 0.586. The number of rotatable bonds is 4. The molecule has 2 rings (SSSR count). The van der Waals surface area contributed by atoms with Crippen molar-refractivity contribution in [2.45, 2.75) is 78.6 Å². The van der Waals surface area contributed by atoms with Gasteiger partial charge in [-0.25, -0.2) is 0 Å². The van der Waals surface area contributed by atoms with E-state index in [-0.39, 0.29) is 10.8 Å². The Kier molecular flexibility index (Phi) is 5.47. The molecule has 0 unspecified atom stereocenters. The second-order valence-corrected chi connectivity index (χ2v) is 8.77. The molecule has 0 aliphatic rings. The minimum Gasteiger partial charge on any atom is -0.255 e. The average Bonchev–Trinajstić information content (AvgIpc) is 2.51. The first-order valence-corrected chi connectivity index (χ1v) is 9.09. The number of pyridine rings is 2. The lowest BCUT2D eigenvalue weighted by Crippen LogP contribution is -2.13. The van der Waals surface area contributed by atoms with E-state index in [4.69, 9.17) is 4.98 Å². The van der Waals surface area contributed by atoms with Gasteiger partial charge in [0.2, 0.25) is 0 Å². The van der Waals surface area contributed by atoms with Crippen LogP contribution in [0.15, 0.2) is 30.5 Å². The van der Waals surface area contributed by atoms with Crippen LogP contribution >= 0.6 is 0 Å². The zero-order valence-corrected chi connectivity index (χ0v) is 16.4. The predicted molar refractivity (Wildman–Crippen MR) is 103 cm³/mol. The molecule has 0 aliphatic heterocycles. The van der Waals surface area contributed by atoms with Gasteiger partial charge in [0.15, 0.2) is 0 Å². The summed E-state index contributed by atoms with van der Waals surface area (Å²) in [4.78, 5) is 9.52. The smallest absolute Gasteiger partial charge is 0.0892 e. The maximum Gasteiger partial charge on any atom is 0.0892 e. The number of hydrogen-bond acceptors (Lipinski definition) is 2. The van der Waals surface area contributed by atoms with Gasteiger partial charge in [0, 0.05) is 11.9 Å². The summed E-state index contributed by atoms with van der Waals surface area (Å²) in [5, 5.41) is 0. The van der Waals surface area contributed by atoms with E-state index in [0.29, 0.717) is 0 Å². The monoisotopic (exact) mass is 324 g/mol. The Balaban J connectivity index is 2.52. The fraction of sp³-hybridized carbons (Fsp3) is 0.545. The minimum absolute atomic E-state index is 0.111. The van der Waals surface area contributed by atoms with Crippen molar-refractivity contribution >= 4 is 0 Å². The van der Waals surface area contributed by atoms with Crippen LogP contribution in [0.2, 0.25) is 0 Å². The molecule has 0 radical (unpaired) electrons. The van der Waals surface area contributed by atoms with Crippen molar-refractivity contribution in [1.82, 2.24) is 9.97 Å². The van der Waals surface area contributed by atoms with Gasteiger partial charge >= 0.3 is 0 Å². The summed E-state index contributed by atoms with van der Waals surface area (Å²) in [5.41, 5.74) is 6.02. The molecule has 0 N–H and O–H groups in total. The van der Waals surface area contributed by atoms with E-state index in [2.05, 4.69) is 77.7 Å². The van der Waals surface area contributed by atoms with Crippen LogP contribution in [0, 0.1) is 0 Å². The summed E-state index contributed by atoms with van der Waals surface area (Å²) in [7, 11) is 0. The van der Waals surface area contributed by atoms with E-state index >= 15 is 0 Å². The molecule has 2 aromatic heterocycles. The summed E-state index contributed by atoms with van der Waals surface area (Å²) < 4.78 is 0. The number of unbranched alkanes of at least 4 members (excludes halogenated alkanes) is 1. The summed E-state index contributed by atoms with van der Waals surface area (Å²) in [6.07, 6.45) is 5.31. The standard InChI is InChI=1S/C22H32N2/c1-8-9-10-18-13-17(22(5,6)7)15-20(24-18)19-14-16(11-12-23-19)21(2,3)4/h11-15H,8-10H2,1-7H3. The number of nitrogens with zero attached hydrogens (tertiary/aromatic N) is 2. The fourth-order valence-corrected chi connectivity index (χ4v) is 2.68. The van der Waals surface area contributed by atoms with E-state index < -0.39 is 0 Å². The van der Waals surface area contributed by atoms with Gasteiger partial charge in [-0.2, -0.15) is 0 Å². The van der Waals surface area contributed by atoms with Crippen molar-refractivity contribution in [3.05, 3.63) is 47.3 Å².